The van der Waals surface area contributed by atoms with E-state index < -0.39 is 17.5 Å². The third-order valence-electron chi connectivity index (χ3n) is 4.34. The number of likely N-dealkylation sites (tertiary alicyclic amines) is 1. The lowest BCUT2D eigenvalue weighted by molar-refractivity contribution is -0.218. The van der Waals surface area contributed by atoms with Gasteiger partial charge in [-0.1, -0.05) is 31.2 Å². The Morgan fingerprint density at radius 3 is 2.45 bits per heavy atom. The number of halogens is 2. The standard InChI is InChI=1S/C16H21F2NO3/c1-2-12-4-3-5-13(10-12)11-19-8-6-15(22,7-9-19)16(17,18)14(20)21/h3-5,10,22H,2,6-9,11H2,1H3,(H,20,21). The van der Waals surface area contributed by atoms with E-state index in [0.29, 0.717) is 6.54 Å². The molecule has 1 aromatic rings. The number of hydrogen-bond donors (Lipinski definition) is 2. The normalized spacial score (nSPS) is 19.1. The highest BCUT2D eigenvalue weighted by Crippen LogP contribution is 2.37. The summed E-state index contributed by atoms with van der Waals surface area (Å²) in [5.74, 6) is -6.37. The van der Waals surface area contributed by atoms with E-state index in [-0.39, 0.29) is 25.9 Å². The monoisotopic (exact) mass is 313 g/mol. The lowest BCUT2D eigenvalue weighted by atomic mass is 9.85. The number of carboxylic acids is 1. The molecule has 0 aliphatic carbocycles. The van der Waals surface area contributed by atoms with Gasteiger partial charge in [0.15, 0.2) is 0 Å². The average molecular weight is 313 g/mol. The van der Waals surface area contributed by atoms with Gasteiger partial charge in [0.1, 0.15) is 5.60 Å². The summed E-state index contributed by atoms with van der Waals surface area (Å²) in [5, 5.41) is 18.6. The van der Waals surface area contributed by atoms with Crippen LogP contribution in [-0.4, -0.2) is 45.7 Å². The Labute approximate surface area is 128 Å². The third-order valence-corrected chi connectivity index (χ3v) is 4.34. The summed E-state index contributed by atoms with van der Waals surface area (Å²) in [6.45, 7) is 3.17. The van der Waals surface area contributed by atoms with E-state index in [4.69, 9.17) is 5.11 Å². The molecule has 4 nitrogen and oxygen atoms in total. The van der Waals surface area contributed by atoms with Gasteiger partial charge < -0.3 is 10.2 Å². The molecule has 0 atom stereocenters. The summed E-state index contributed by atoms with van der Waals surface area (Å²) in [4.78, 5) is 12.6. The van der Waals surface area contributed by atoms with Crippen molar-refractivity contribution >= 4 is 5.97 Å². The number of carbonyl (C=O) groups is 1. The molecule has 0 spiro atoms. The first kappa shape index (κ1) is 16.8. The van der Waals surface area contributed by atoms with Crippen LogP contribution in [0.5, 0.6) is 0 Å². The summed E-state index contributed by atoms with van der Waals surface area (Å²) in [6.07, 6.45) is 0.429. The molecule has 1 aliphatic heterocycles. The fourth-order valence-electron chi connectivity index (χ4n) is 2.80. The van der Waals surface area contributed by atoms with E-state index >= 15 is 0 Å². The molecule has 0 bridgehead atoms. The first-order chi connectivity index (χ1) is 10.3. The van der Waals surface area contributed by atoms with Crippen LogP contribution in [0.15, 0.2) is 24.3 Å². The Morgan fingerprint density at radius 1 is 1.32 bits per heavy atom. The summed E-state index contributed by atoms with van der Waals surface area (Å²) in [6, 6.07) is 8.05. The molecule has 6 heteroatoms. The quantitative estimate of drug-likeness (QED) is 0.875. The molecule has 0 aromatic heterocycles. The van der Waals surface area contributed by atoms with Crippen LogP contribution in [0.25, 0.3) is 0 Å². The number of alkyl halides is 2. The van der Waals surface area contributed by atoms with Gasteiger partial charge in [-0.2, -0.15) is 8.78 Å². The number of aryl methyl sites for hydroxylation is 1. The van der Waals surface area contributed by atoms with Gasteiger partial charge in [-0.15, -0.1) is 0 Å². The van der Waals surface area contributed by atoms with E-state index in [0.717, 1.165) is 12.0 Å². The van der Waals surface area contributed by atoms with Crippen molar-refractivity contribution in [1.82, 2.24) is 4.90 Å². The maximum Gasteiger partial charge on any atom is 0.377 e. The maximum absolute atomic E-state index is 13.6. The van der Waals surface area contributed by atoms with Crippen LogP contribution in [-0.2, 0) is 17.8 Å². The molecular formula is C16H21F2NO3. The predicted octanol–water partition coefficient (Wildman–Crippen LogP) is 2.30. The fraction of sp³-hybridized carbons (Fsp3) is 0.562. The highest BCUT2D eigenvalue weighted by Gasteiger charge is 2.59. The van der Waals surface area contributed by atoms with Gasteiger partial charge in [0.05, 0.1) is 0 Å². The molecule has 2 N–H and O–H groups in total. The van der Waals surface area contributed by atoms with Crippen LogP contribution >= 0.6 is 0 Å². The highest BCUT2D eigenvalue weighted by molar-refractivity contribution is 5.77. The van der Waals surface area contributed by atoms with Gasteiger partial charge in [0, 0.05) is 19.6 Å². The van der Waals surface area contributed by atoms with Crippen LogP contribution < -0.4 is 0 Å². The van der Waals surface area contributed by atoms with Gasteiger partial charge in [0.2, 0.25) is 0 Å². The van der Waals surface area contributed by atoms with Crippen molar-refractivity contribution < 1.29 is 23.8 Å². The van der Waals surface area contributed by atoms with Crippen molar-refractivity contribution in [3.8, 4) is 0 Å². The Kier molecular flexibility index (Phi) is 4.82. The summed E-state index contributed by atoms with van der Waals surface area (Å²) in [5.41, 5.74) is -0.154. The van der Waals surface area contributed by atoms with E-state index in [1.807, 2.05) is 23.1 Å². The van der Waals surface area contributed by atoms with E-state index in [1.165, 1.54) is 5.56 Å². The van der Waals surface area contributed by atoms with Crippen molar-refractivity contribution in [2.24, 2.45) is 0 Å². The minimum atomic E-state index is -4.11. The number of piperidine rings is 1. The highest BCUT2D eigenvalue weighted by atomic mass is 19.3. The molecule has 2 rings (SSSR count). The Morgan fingerprint density at radius 2 is 1.91 bits per heavy atom. The number of aliphatic hydroxyl groups is 1. The lowest BCUT2D eigenvalue weighted by Gasteiger charge is -2.40. The van der Waals surface area contributed by atoms with Crippen LogP contribution in [0.3, 0.4) is 0 Å². The van der Waals surface area contributed by atoms with Crippen molar-refractivity contribution in [1.29, 1.82) is 0 Å². The fourth-order valence-corrected chi connectivity index (χ4v) is 2.80. The van der Waals surface area contributed by atoms with Crippen molar-refractivity contribution in [2.75, 3.05) is 13.1 Å². The zero-order valence-electron chi connectivity index (χ0n) is 12.6. The second-order valence-electron chi connectivity index (χ2n) is 5.86. The van der Waals surface area contributed by atoms with Crippen LogP contribution in [0.2, 0.25) is 0 Å². The molecule has 1 aliphatic rings. The molecule has 22 heavy (non-hydrogen) atoms. The minimum Gasteiger partial charge on any atom is -0.477 e. The molecule has 122 valence electrons. The number of hydrogen-bond acceptors (Lipinski definition) is 3. The third kappa shape index (κ3) is 3.28. The van der Waals surface area contributed by atoms with E-state index in [2.05, 4.69) is 13.0 Å². The molecule has 0 amide bonds. The summed E-state index contributed by atoms with van der Waals surface area (Å²) in [7, 11) is 0. The average Bonchev–Trinajstić information content (AvgIpc) is 2.49. The molecule has 1 saturated heterocycles. The molecule has 0 radical (unpaired) electrons. The van der Waals surface area contributed by atoms with E-state index in [1.54, 1.807) is 0 Å². The molecular weight excluding hydrogens is 292 g/mol. The van der Waals surface area contributed by atoms with Crippen molar-refractivity contribution in [2.45, 2.75) is 44.3 Å². The van der Waals surface area contributed by atoms with Gasteiger partial charge in [0.25, 0.3) is 0 Å². The summed E-state index contributed by atoms with van der Waals surface area (Å²) < 4.78 is 27.2. The number of rotatable bonds is 5. The first-order valence-electron chi connectivity index (χ1n) is 7.42. The maximum atomic E-state index is 13.6. The second kappa shape index (κ2) is 6.30. The van der Waals surface area contributed by atoms with Crippen molar-refractivity contribution in [3.63, 3.8) is 0 Å². The van der Waals surface area contributed by atoms with Gasteiger partial charge >= 0.3 is 11.9 Å². The SMILES string of the molecule is CCc1cccc(CN2CCC(O)(C(F)(F)C(=O)O)CC2)c1. The number of aliphatic carboxylic acids is 1. The van der Waals surface area contributed by atoms with Gasteiger partial charge in [-0.3, -0.25) is 4.90 Å². The van der Waals surface area contributed by atoms with Crippen molar-refractivity contribution in [3.05, 3.63) is 35.4 Å². The number of benzene rings is 1. The number of nitrogens with zero attached hydrogens (tertiary/aromatic N) is 1. The number of carboxylic acid groups (broad SMARTS) is 1. The Hall–Kier alpha value is -1.53. The summed E-state index contributed by atoms with van der Waals surface area (Å²) >= 11 is 0. The zero-order chi connectivity index (χ0) is 16.4. The van der Waals surface area contributed by atoms with E-state index in [9.17, 15) is 18.7 Å². The van der Waals surface area contributed by atoms with Gasteiger partial charge in [-0.25, -0.2) is 4.79 Å². The molecule has 0 saturated carbocycles. The Balaban J connectivity index is 1.98. The molecule has 1 fully saturated rings. The minimum absolute atomic E-state index is 0.246. The Bertz CT molecular complexity index is 540. The van der Waals surface area contributed by atoms with Gasteiger partial charge in [-0.05, 0) is 30.4 Å². The smallest absolute Gasteiger partial charge is 0.377 e. The van der Waals surface area contributed by atoms with Crippen LogP contribution in [0, 0.1) is 0 Å². The molecule has 0 unspecified atom stereocenters. The lowest BCUT2D eigenvalue weighted by Crippen LogP contribution is -2.58. The largest absolute Gasteiger partial charge is 0.477 e. The van der Waals surface area contributed by atoms with Crippen LogP contribution in [0.1, 0.15) is 30.9 Å². The van der Waals surface area contributed by atoms with Crippen LogP contribution in [0.4, 0.5) is 8.78 Å². The first-order valence-corrected chi connectivity index (χ1v) is 7.42. The molecule has 1 heterocycles. The molecule has 1 aromatic carbocycles. The topological polar surface area (TPSA) is 60.8 Å². The zero-order valence-corrected chi connectivity index (χ0v) is 12.6. The predicted molar refractivity (Wildman–Crippen MR) is 77.9 cm³/mol. The second-order valence-corrected chi connectivity index (χ2v) is 5.86.